The number of rotatable bonds is 7. The molecule has 1 heterocycles. The normalized spacial score (nSPS) is 11.5. The highest BCUT2D eigenvalue weighted by Gasteiger charge is 2.14. The minimum atomic E-state index is -3.51. The standard InChI is InChI=1S/C14H18N2O3S2/c1-11-6-9-20-14(11)10-16-21(17,18)13-4-2-12(3-5-13)19-8-7-15/h2-6,9,16H,7-8,10,15H2,1H3. The minimum absolute atomic E-state index is 0.219. The Labute approximate surface area is 128 Å². The van der Waals surface area contributed by atoms with Crippen molar-refractivity contribution in [2.45, 2.75) is 18.4 Å². The van der Waals surface area contributed by atoms with Crippen LogP contribution >= 0.6 is 11.3 Å². The first-order chi connectivity index (χ1) is 10.0. The third kappa shape index (κ3) is 4.28. The number of benzene rings is 1. The highest BCUT2D eigenvalue weighted by Crippen LogP contribution is 2.18. The molecule has 21 heavy (non-hydrogen) atoms. The van der Waals surface area contributed by atoms with Gasteiger partial charge in [0, 0.05) is 18.0 Å². The second-order valence-corrected chi connectivity index (χ2v) is 7.23. The lowest BCUT2D eigenvalue weighted by Crippen LogP contribution is -2.23. The van der Waals surface area contributed by atoms with Crippen molar-refractivity contribution in [3.05, 3.63) is 46.2 Å². The molecule has 3 N–H and O–H groups in total. The maximum absolute atomic E-state index is 12.2. The molecule has 0 aliphatic rings. The van der Waals surface area contributed by atoms with E-state index in [1.807, 2.05) is 18.4 Å². The van der Waals surface area contributed by atoms with Crippen LogP contribution in [-0.4, -0.2) is 21.6 Å². The molecule has 0 amide bonds. The summed E-state index contributed by atoms with van der Waals surface area (Å²) in [5.41, 5.74) is 6.43. The lowest BCUT2D eigenvalue weighted by Gasteiger charge is -2.08. The first-order valence-corrected chi connectivity index (χ1v) is 8.85. The molecule has 1 aromatic heterocycles. The molecule has 2 rings (SSSR count). The fourth-order valence-electron chi connectivity index (χ4n) is 1.72. The molecule has 0 fully saturated rings. The zero-order valence-electron chi connectivity index (χ0n) is 11.7. The SMILES string of the molecule is Cc1ccsc1CNS(=O)(=O)c1ccc(OCCN)cc1. The first-order valence-electron chi connectivity index (χ1n) is 6.48. The van der Waals surface area contributed by atoms with Crippen LogP contribution in [0.25, 0.3) is 0 Å². The maximum atomic E-state index is 12.2. The lowest BCUT2D eigenvalue weighted by atomic mass is 10.3. The van der Waals surface area contributed by atoms with E-state index >= 15 is 0 Å². The Morgan fingerprint density at radius 2 is 1.95 bits per heavy atom. The van der Waals surface area contributed by atoms with Gasteiger partial charge in [0.15, 0.2) is 0 Å². The Bertz CT molecular complexity index is 678. The number of sulfonamides is 1. The summed E-state index contributed by atoms with van der Waals surface area (Å²) in [7, 11) is -3.51. The first kappa shape index (κ1) is 16.0. The fourth-order valence-corrected chi connectivity index (χ4v) is 3.65. The quantitative estimate of drug-likeness (QED) is 0.814. The zero-order valence-corrected chi connectivity index (χ0v) is 13.3. The molecular weight excluding hydrogens is 308 g/mol. The fraction of sp³-hybridized carbons (Fsp3) is 0.286. The second kappa shape index (κ2) is 7.04. The van der Waals surface area contributed by atoms with Gasteiger partial charge < -0.3 is 10.5 Å². The van der Waals surface area contributed by atoms with Gasteiger partial charge in [0.25, 0.3) is 0 Å². The molecule has 0 aliphatic carbocycles. The summed E-state index contributed by atoms with van der Waals surface area (Å²) in [4.78, 5) is 1.23. The van der Waals surface area contributed by atoms with Gasteiger partial charge in [0.2, 0.25) is 10.0 Å². The third-order valence-electron chi connectivity index (χ3n) is 2.91. The van der Waals surface area contributed by atoms with Crippen molar-refractivity contribution in [3.8, 4) is 5.75 Å². The molecule has 0 aliphatic heterocycles. The van der Waals surface area contributed by atoms with Crippen LogP contribution < -0.4 is 15.2 Å². The molecule has 1 aromatic carbocycles. The Morgan fingerprint density at radius 1 is 1.24 bits per heavy atom. The smallest absolute Gasteiger partial charge is 0.240 e. The molecule has 0 saturated heterocycles. The van der Waals surface area contributed by atoms with E-state index in [1.165, 1.54) is 23.5 Å². The minimum Gasteiger partial charge on any atom is -0.492 e. The topological polar surface area (TPSA) is 81.4 Å². The van der Waals surface area contributed by atoms with E-state index in [2.05, 4.69) is 4.72 Å². The summed E-state index contributed by atoms with van der Waals surface area (Å²) >= 11 is 1.54. The summed E-state index contributed by atoms with van der Waals surface area (Å²) in [6.45, 7) is 3.09. The predicted molar refractivity (Wildman–Crippen MR) is 84.1 cm³/mol. The molecule has 0 radical (unpaired) electrons. The highest BCUT2D eigenvalue weighted by atomic mass is 32.2. The van der Waals surface area contributed by atoms with Crippen LogP contribution in [-0.2, 0) is 16.6 Å². The number of nitrogens with one attached hydrogen (secondary N) is 1. The second-order valence-electron chi connectivity index (χ2n) is 4.46. The van der Waals surface area contributed by atoms with Gasteiger partial charge in [0.1, 0.15) is 12.4 Å². The number of thiophene rings is 1. The summed E-state index contributed by atoms with van der Waals surface area (Å²) in [6.07, 6.45) is 0. The Morgan fingerprint density at radius 3 is 2.52 bits per heavy atom. The largest absolute Gasteiger partial charge is 0.492 e. The molecule has 0 bridgehead atoms. The molecule has 0 atom stereocenters. The molecule has 7 heteroatoms. The van der Waals surface area contributed by atoms with Crippen molar-refractivity contribution in [2.24, 2.45) is 5.73 Å². The summed E-state index contributed by atoms with van der Waals surface area (Å²) in [5.74, 6) is 0.605. The number of hydrogen-bond donors (Lipinski definition) is 2. The van der Waals surface area contributed by atoms with Crippen LogP contribution in [0.4, 0.5) is 0 Å². The van der Waals surface area contributed by atoms with Gasteiger partial charge in [-0.3, -0.25) is 0 Å². The summed E-state index contributed by atoms with van der Waals surface area (Å²) < 4.78 is 32.3. The molecule has 114 valence electrons. The van der Waals surface area contributed by atoms with Crippen LogP contribution in [0, 0.1) is 6.92 Å². The van der Waals surface area contributed by atoms with Crippen molar-refractivity contribution >= 4 is 21.4 Å². The summed E-state index contributed by atoms with van der Waals surface area (Å²) in [6, 6.07) is 8.27. The van der Waals surface area contributed by atoms with Crippen LogP contribution in [0.5, 0.6) is 5.75 Å². The third-order valence-corrected chi connectivity index (χ3v) is 5.35. The summed E-state index contributed by atoms with van der Waals surface area (Å²) in [5, 5.41) is 1.95. The van der Waals surface area contributed by atoms with E-state index in [0.717, 1.165) is 10.4 Å². The molecule has 0 saturated carbocycles. The average Bonchev–Trinajstić information content (AvgIpc) is 2.89. The van der Waals surface area contributed by atoms with E-state index < -0.39 is 10.0 Å². The monoisotopic (exact) mass is 326 g/mol. The Balaban J connectivity index is 2.03. The van der Waals surface area contributed by atoms with Gasteiger partial charge in [-0.15, -0.1) is 11.3 Å². The molecule has 2 aromatic rings. The number of aryl methyl sites for hydroxylation is 1. The average molecular weight is 326 g/mol. The number of hydrogen-bond acceptors (Lipinski definition) is 5. The van der Waals surface area contributed by atoms with Crippen molar-refractivity contribution in [2.75, 3.05) is 13.2 Å². The zero-order chi connectivity index (χ0) is 15.3. The van der Waals surface area contributed by atoms with Crippen LogP contribution in [0.2, 0.25) is 0 Å². The van der Waals surface area contributed by atoms with E-state index in [0.29, 0.717) is 25.4 Å². The van der Waals surface area contributed by atoms with Gasteiger partial charge >= 0.3 is 0 Å². The van der Waals surface area contributed by atoms with Gasteiger partial charge in [-0.05, 0) is 48.2 Å². The Kier molecular flexibility index (Phi) is 5.35. The number of ether oxygens (including phenoxy) is 1. The van der Waals surface area contributed by atoms with Crippen molar-refractivity contribution < 1.29 is 13.2 Å². The van der Waals surface area contributed by atoms with Crippen LogP contribution in [0.15, 0.2) is 40.6 Å². The van der Waals surface area contributed by atoms with E-state index in [1.54, 1.807) is 12.1 Å². The van der Waals surface area contributed by atoms with Gasteiger partial charge in [0.05, 0.1) is 4.90 Å². The predicted octanol–water partition coefficient (Wildman–Crippen LogP) is 1.87. The van der Waals surface area contributed by atoms with Crippen molar-refractivity contribution in [1.29, 1.82) is 0 Å². The molecule has 5 nitrogen and oxygen atoms in total. The van der Waals surface area contributed by atoms with Crippen molar-refractivity contribution in [3.63, 3.8) is 0 Å². The van der Waals surface area contributed by atoms with Gasteiger partial charge in [-0.25, -0.2) is 13.1 Å². The van der Waals surface area contributed by atoms with E-state index in [9.17, 15) is 8.42 Å². The van der Waals surface area contributed by atoms with Crippen LogP contribution in [0.3, 0.4) is 0 Å². The van der Waals surface area contributed by atoms with Crippen molar-refractivity contribution in [1.82, 2.24) is 4.72 Å². The van der Waals surface area contributed by atoms with E-state index in [-0.39, 0.29) is 4.90 Å². The molecule has 0 unspecified atom stereocenters. The molecule has 0 spiro atoms. The molecular formula is C14H18N2O3S2. The lowest BCUT2D eigenvalue weighted by molar-refractivity contribution is 0.328. The van der Waals surface area contributed by atoms with E-state index in [4.69, 9.17) is 10.5 Å². The maximum Gasteiger partial charge on any atom is 0.240 e. The van der Waals surface area contributed by atoms with Gasteiger partial charge in [-0.1, -0.05) is 0 Å². The Hall–Kier alpha value is -1.41. The highest BCUT2D eigenvalue weighted by molar-refractivity contribution is 7.89. The van der Waals surface area contributed by atoms with Gasteiger partial charge in [-0.2, -0.15) is 0 Å². The van der Waals surface area contributed by atoms with Crippen LogP contribution in [0.1, 0.15) is 10.4 Å². The number of nitrogens with two attached hydrogens (primary N) is 1.